The van der Waals surface area contributed by atoms with Gasteiger partial charge in [0.05, 0.1) is 23.3 Å². The molecule has 0 radical (unpaired) electrons. The number of hydrogen-bond donors (Lipinski definition) is 1. The molecule has 0 unspecified atom stereocenters. The minimum Gasteiger partial charge on any atom is -0.495 e. The van der Waals surface area contributed by atoms with Crippen LogP contribution in [-0.4, -0.2) is 35.8 Å². The minimum absolute atomic E-state index is 0.183. The molecule has 1 atom stereocenters. The Balaban J connectivity index is 1.66. The van der Waals surface area contributed by atoms with E-state index in [0.29, 0.717) is 27.6 Å². The van der Waals surface area contributed by atoms with Crippen LogP contribution < -0.4 is 10.1 Å². The highest BCUT2D eigenvalue weighted by atomic mass is 35.5. The fraction of sp³-hybridized carbons (Fsp3) is 0.125. The topological polar surface area (TPSA) is 75.7 Å². The van der Waals surface area contributed by atoms with E-state index in [1.54, 1.807) is 42.5 Å². The first-order chi connectivity index (χ1) is 15.0. The summed E-state index contributed by atoms with van der Waals surface area (Å²) in [6, 6.07) is 19.6. The molecule has 0 saturated carbocycles. The molecule has 6 nitrogen and oxygen atoms in total. The highest BCUT2D eigenvalue weighted by Gasteiger charge is 2.42. The monoisotopic (exact) mass is 434 g/mol. The smallest absolute Gasteiger partial charge is 0.262 e. The van der Waals surface area contributed by atoms with Gasteiger partial charge in [-0.2, -0.15) is 0 Å². The van der Waals surface area contributed by atoms with Gasteiger partial charge >= 0.3 is 0 Å². The number of nitrogens with one attached hydrogen (secondary N) is 1. The number of rotatable bonds is 6. The summed E-state index contributed by atoms with van der Waals surface area (Å²) in [7, 11) is 1.50. The maximum atomic E-state index is 13.3. The summed E-state index contributed by atoms with van der Waals surface area (Å²) in [4.78, 5) is 40.4. The van der Waals surface area contributed by atoms with Crippen LogP contribution in [0.3, 0.4) is 0 Å². The fourth-order valence-corrected chi connectivity index (χ4v) is 3.86. The van der Waals surface area contributed by atoms with E-state index in [-0.39, 0.29) is 6.42 Å². The number of hydrogen-bond acceptors (Lipinski definition) is 4. The largest absolute Gasteiger partial charge is 0.495 e. The third kappa shape index (κ3) is 4.02. The van der Waals surface area contributed by atoms with Gasteiger partial charge in [-0.15, -0.1) is 0 Å². The van der Waals surface area contributed by atoms with Crippen LogP contribution in [0.1, 0.15) is 26.3 Å². The number of fused-ring (bicyclic) bond motifs is 1. The summed E-state index contributed by atoms with van der Waals surface area (Å²) >= 11 is 6.16. The summed E-state index contributed by atoms with van der Waals surface area (Å²) in [6.07, 6.45) is 0.183. The van der Waals surface area contributed by atoms with Crippen molar-refractivity contribution in [3.05, 3.63) is 94.5 Å². The van der Waals surface area contributed by atoms with Crippen LogP contribution in [0.15, 0.2) is 72.8 Å². The lowest BCUT2D eigenvalue weighted by Crippen LogP contribution is -2.48. The van der Waals surface area contributed by atoms with Crippen molar-refractivity contribution < 1.29 is 19.1 Å². The molecular formula is C24H19ClN2O4. The molecule has 31 heavy (non-hydrogen) atoms. The van der Waals surface area contributed by atoms with Crippen LogP contribution in [0.5, 0.6) is 5.75 Å². The minimum atomic E-state index is -1.03. The number of carbonyl (C=O) groups excluding carboxylic acids is 3. The zero-order chi connectivity index (χ0) is 22.0. The molecule has 0 fully saturated rings. The lowest BCUT2D eigenvalue weighted by atomic mass is 10.0. The van der Waals surface area contributed by atoms with Crippen LogP contribution >= 0.6 is 11.6 Å². The van der Waals surface area contributed by atoms with Gasteiger partial charge in [-0.25, -0.2) is 0 Å². The van der Waals surface area contributed by atoms with Crippen LogP contribution in [0.2, 0.25) is 5.02 Å². The molecule has 4 rings (SSSR count). The number of benzene rings is 3. The molecule has 0 bridgehead atoms. The summed E-state index contributed by atoms with van der Waals surface area (Å²) in [5, 5.41) is 3.11. The van der Waals surface area contributed by atoms with Crippen molar-refractivity contribution in [1.29, 1.82) is 0 Å². The highest BCUT2D eigenvalue weighted by molar-refractivity contribution is 6.32. The first-order valence-electron chi connectivity index (χ1n) is 9.65. The lowest BCUT2D eigenvalue weighted by molar-refractivity contribution is -0.119. The molecule has 1 aliphatic heterocycles. The van der Waals surface area contributed by atoms with Gasteiger partial charge in [-0.05, 0) is 35.9 Å². The normalized spacial score (nSPS) is 13.7. The van der Waals surface area contributed by atoms with Crippen molar-refractivity contribution in [2.24, 2.45) is 0 Å². The molecule has 0 spiro atoms. The first kappa shape index (κ1) is 20.6. The molecule has 156 valence electrons. The van der Waals surface area contributed by atoms with Crippen molar-refractivity contribution >= 4 is 35.0 Å². The number of halogens is 1. The SMILES string of the molecule is COc1ccc(NC(=O)[C@@H](Cc2ccccc2)N2C(=O)c3ccccc3C2=O)cc1Cl. The molecule has 1 N–H and O–H groups in total. The van der Waals surface area contributed by atoms with E-state index in [1.165, 1.54) is 7.11 Å². The van der Waals surface area contributed by atoms with Gasteiger partial charge in [0, 0.05) is 12.1 Å². The molecule has 3 aromatic rings. The maximum absolute atomic E-state index is 13.3. The number of imide groups is 1. The predicted octanol–water partition coefficient (Wildman–Crippen LogP) is 4.19. The Hall–Kier alpha value is -3.64. The Morgan fingerprint density at radius 1 is 0.968 bits per heavy atom. The highest BCUT2D eigenvalue weighted by Crippen LogP contribution is 2.29. The van der Waals surface area contributed by atoms with E-state index in [0.717, 1.165) is 10.5 Å². The molecule has 3 amide bonds. The Bertz CT molecular complexity index is 1130. The number of methoxy groups -OCH3 is 1. The number of anilines is 1. The van der Waals surface area contributed by atoms with E-state index < -0.39 is 23.8 Å². The zero-order valence-corrected chi connectivity index (χ0v) is 17.4. The van der Waals surface area contributed by atoms with Gasteiger partial charge in [0.25, 0.3) is 11.8 Å². The Morgan fingerprint density at radius 2 is 1.58 bits per heavy atom. The van der Waals surface area contributed by atoms with E-state index >= 15 is 0 Å². The Morgan fingerprint density at radius 3 is 2.16 bits per heavy atom. The second-order valence-electron chi connectivity index (χ2n) is 7.07. The number of ether oxygens (including phenoxy) is 1. The average Bonchev–Trinajstić information content (AvgIpc) is 3.03. The number of nitrogens with zero attached hydrogens (tertiary/aromatic N) is 1. The van der Waals surface area contributed by atoms with E-state index in [4.69, 9.17) is 16.3 Å². The van der Waals surface area contributed by atoms with Gasteiger partial charge in [0.2, 0.25) is 5.91 Å². The van der Waals surface area contributed by atoms with Crippen molar-refractivity contribution in [3.63, 3.8) is 0 Å². The third-order valence-electron chi connectivity index (χ3n) is 5.13. The first-order valence-corrected chi connectivity index (χ1v) is 10.0. The average molecular weight is 435 g/mol. The van der Waals surface area contributed by atoms with Crippen LogP contribution in [-0.2, 0) is 11.2 Å². The van der Waals surface area contributed by atoms with E-state index in [9.17, 15) is 14.4 Å². The van der Waals surface area contributed by atoms with Crippen molar-refractivity contribution in [2.45, 2.75) is 12.5 Å². The summed E-state index contributed by atoms with van der Waals surface area (Å²) in [5.74, 6) is -0.977. The van der Waals surface area contributed by atoms with Crippen LogP contribution in [0.25, 0.3) is 0 Å². The van der Waals surface area contributed by atoms with Gasteiger partial charge in [-0.3, -0.25) is 19.3 Å². The van der Waals surface area contributed by atoms with Gasteiger partial charge in [0.15, 0.2) is 0 Å². The van der Waals surface area contributed by atoms with E-state index in [1.807, 2.05) is 30.3 Å². The van der Waals surface area contributed by atoms with Crippen molar-refractivity contribution in [1.82, 2.24) is 4.90 Å². The van der Waals surface area contributed by atoms with Crippen LogP contribution in [0, 0.1) is 0 Å². The van der Waals surface area contributed by atoms with Crippen LogP contribution in [0.4, 0.5) is 5.69 Å². The third-order valence-corrected chi connectivity index (χ3v) is 5.43. The van der Waals surface area contributed by atoms with Gasteiger partial charge in [-0.1, -0.05) is 54.1 Å². The fourth-order valence-electron chi connectivity index (χ4n) is 3.60. The number of amides is 3. The molecule has 0 aliphatic carbocycles. The summed E-state index contributed by atoms with van der Waals surface area (Å²) in [5.41, 5.74) is 1.86. The molecule has 1 aliphatic rings. The molecule has 0 saturated heterocycles. The molecular weight excluding hydrogens is 416 g/mol. The molecule has 3 aromatic carbocycles. The van der Waals surface area contributed by atoms with Gasteiger partial charge in [0.1, 0.15) is 11.8 Å². The standard InChI is InChI=1S/C24H19ClN2O4/c1-31-21-12-11-16(14-19(21)25)26-22(28)20(13-15-7-3-2-4-8-15)27-23(29)17-9-5-6-10-18(17)24(27)30/h2-12,14,20H,13H2,1H3,(H,26,28)/t20-/m1/s1. The Kier molecular flexibility index (Phi) is 5.73. The molecule has 0 aromatic heterocycles. The lowest BCUT2D eigenvalue weighted by Gasteiger charge is -2.25. The second-order valence-corrected chi connectivity index (χ2v) is 7.48. The second kappa shape index (κ2) is 8.62. The van der Waals surface area contributed by atoms with Gasteiger partial charge < -0.3 is 10.1 Å². The molecule has 7 heteroatoms. The van der Waals surface area contributed by atoms with Crippen molar-refractivity contribution in [2.75, 3.05) is 12.4 Å². The number of carbonyl (C=O) groups is 3. The maximum Gasteiger partial charge on any atom is 0.262 e. The summed E-state index contributed by atoms with van der Waals surface area (Å²) in [6.45, 7) is 0. The van der Waals surface area contributed by atoms with Crippen molar-refractivity contribution in [3.8, 4) is 5.75 Å². The Labute approximate surface area is 184 Å². The quantitative estimate of drug-likeness (QED) is 0.590. The zero-order valence-electron chi connectivity index (χ0n) is 16.7. The predicted molar refractivity (Wildman–Crippen MR) is 118 cm³/mol. The molecule has 1 heterocycles. The van der Waals surface area contributed by atoms with E-state index in [2.05, 4.69) is 5.32 Å². The summed E-state index contributed by atoms with van der Waals surface area (Å²) < 4.78 is 5.13.